The van der Waals surface area contributed by atoms with E-state index in [1.165, 1.54) is 0 Å². The van der Waals surface area contributed by atoms with Crippen LogP contribution in [-0.4, -0.2) is 24.9 Å². The first-order valence-corrected chi connectivity index (χ1v) is 5.91. The van der Waals surface area contributed by atoms with Gasteiger partial charge in [-0.15, -0.1) is 0 Å². The maximum atomic E-state index is 14.0. The Hall–Kier alpha value is -1.00. The molecule has 94 valence electrons. The van der Waals surface area contributed by atoms with Crippen molar-refractivity contribution in [3.63, 3.8) is 0 Å². The highest BCUT2D eigenvalue weighted by Gasteiger charge is 2.23. The number of ether oxygens (including phenoxy) is 2. The van der Waals surface area contributed by atoms with Gasteiger partial charge in [-0.25, -0.2) is 4.39 Å². The standard InChI is InChI=1S/C12H14ClFO3/c1-7(6-15)8-5-9-12(10(13)11(8)14)17-4-2-3-16-9/h5,7,15H,2-4,6H2,1H3. The molecule has 1 N–H and O–H groups in total. The summed E-state index contributed by atoms with van der Waals surface area (Å²) < 4.78 is 24.8. The molecule has 0 radical (unpaired) electrons. The molecule has 0 amide bonds. The fraction of sp³-hybridized carbons (Fsp3) is 0.500. The average Bonchev–Trinajstić information content (AvgIpc) is 2.58. The minimum absolute atomic E-state index is 0.0697. The molecular formula is C12H14ClFO3. The zero-order valence-electron chi connectivity index (χ0n) is 9.50. The van der Waals surface area contributed by atoms with Gasteiger partial charge in [0.15, 0.2) is 11.5 Å². The normalized spacial score (nSPS) is 16.5. The van der Waals surface area contributed by atoms with Crippen molar-refractivity contribution >= 4 is 11.6 Å². The van der Waals surface area contributed by atoms with E-state index in [-0.39, 0.29) is 23.3 Å². The lowest BCUT2D eigenvalue weighted by atomic mass is 10.0. The Labute approximate surface area is 104 Å². The molecule has 1 unspecified atom stereocenters. The van der Waals surface area contributed by atoms with Gasteiger partial charge in [-0.3, -0.25) is 0 Å². The molecule has 0 spiro atoms. The van der Waals surface area contributed by atoms with E-state index in [1.807, 2.05) is 0 Å². The molecule has 1 aromatic carbocycles. The second-order valence-electron chi connectivity index (χ2n) is 4.06. The Morgan fingerprint density at radius 2 is 2.18 bits per heavy atom. The van der Waals surface area contributed by atoms with Gasteiger partial charge in [0.05, 0.1) is 13.2 Å². The van der Waals surface area contributed by atoms with Gasteiger partial charge >= 0.3 is 0 Å². The second kappa shape index (κ2) is 5.10. The molecule has 1 aliphatic rings. The van der Waals surface area contributed by atoms with Crippen molar-refractivity contribution < 1.29 is 19.0 Å². The van der Waals surface area contributed by atoms with Gasteiger partial charge < -0.3 is 14.6 Å². The monoisotopic (exact) mass is 260 g/mol. The summed E-state index contributed by atoms with van der Waals surface area (Å²) in [5.41, 5.74) is 0.349. The van der Waals surface area contributed by atoms with E-state index in [2.05, 4.69) is 0 Å². The van der Waals surface area contributed by atoms with Crippen molar-refractivity contribution in [2.45, 2.75) is 19.3 Å². The highest BCUT2D eigenvalue weighted by molar-refractivity contribution is 6.32. The molecule has 5 heteroatoms. The SMILES string of the molecule is CC(CO)c1cc2c(c(Cl)c1F)OCCCO2. The molecule has 0 bridgehead atoms. The molecule has 0 aliphatic carbocycles. The maximum Gasteiger partial charge on any atom is 0.182 e. The molecular weight excluding hydrogens is 247 g/mol. The van der Waals surface area contributed by atoms with Gasteiger partial charge in [0.2, 0.25) is 0 Å². The third-order valence-electron chi connectivity index (χ3n) is 2.75. The van der Waals surface area contributed by atoms with Crippen LogP contribution >= 0.6 is 11.6 Å². The number of hydrogen-bond acceptors (Lipinski definition) is 3. The van der Waals surface area contributed by atoms with Crippen molar-refractivity contribution in [3.05, 3.63) is 22.5 Å². The summed E-state index contributed by atoms with van der Waals surface area (Å²) in [7, 11) is 0. The molecule has 2 rings (SSSR count). The predicted octanol–water partition coefficient (Wildman–Crippen LogP) is 2.74. The Balaban J connectivity index is 2.51. The van der Waals surface area contributed by atoms with Crippen LogP contribution in [0.15, 0.2) is 6.07 Å². The maximum absolute atomic E-state index is 14.0. The number of rotatable bonds is 2. The van der Waals surface area contributed by atoms with E-state index in [0.29, 0.717) is 24.5 Å². The van der Waals surface area contributed by atoms with Crippen molar-refractivity contribution in [3.8, 4) is 11.5 Å². The van der Waals surface area contributed by atoms with Crippen LogP contribution in [0.4, 0.5) is 4.39 Å². The molecule has 0 saturated carbocycles. The quantitative estimate of drug-likeness (QED) is 0.889. The third kappa shape index (κ3) is 2.33. The van der Waals surface area contributed by atoms with Gasteiger partial charge in [-0.1, -0.05) is 18.5 Å². The largest absolute Gasteiger partial charge is 0.489 e. The first kappa shape index (κ1) is 12.5. The van der Waals surface area contributed by atoms with E-state index < -0.39 is 5.82 Å². The van der Waals surface area contributed by atoms with Gasteiger partial charge in [-0.2, -0.15) is 0 Å². The van der Waals surface area contributed by atoms with E-state index in [4.69, 9.17) is 26.2 Å². The summed E-state index contributed by atoms with van der Waals surface area (Å²) in [6.07, 6.45) is 0.734. The highest BCUT2D eigenvalue weighted by Crippen LogP contribution is 2.41. The van der Waals surface area contributed by atoms with E-state index in [9.17, 15) is 4.39 Å². The van der Waals surface area contributed by atoms with Gasteiger partial charge in [-0.05, 0) is 11.6 Å². The topological polar surface area (TPSA) is 38.7 Å². The summed E-state index contributed by atoms with van der Waals surface area (Å²) in [5.74, 6) is -0.165. The van der Waals surface area contributed by atoms with Crippen LogP contribution in [-0.2, 0) is 0 Å². The molecule has 17 heavy (non-hydrogen) atoms. The summed E-state index contributed by atoms with van der Waals surface area (Å²) in [5, 5.41) is 9.01. The first-order chi connectivity index (χ1) is 8.15. The molecule has 0 fully saturated rings. The van der Waals surface area contributed by atoms with Gasteiger partial charge in [0.25, 0.3) is 0 Å². The number of hydrogen-bond donors (Lipinski definition) is 1. The highest BCUT2D eigenvalue weighted by atomic mass is 35.5. The zero-order valence-corrected chi connectivity index (χ0v) is 10.3. The summed E-state index contributed by atoms with van der Waals surface area (Å²) >= 11 is 5.93. The van der Waals surface area contributed by atoms with Crippen molar-refractivity contribution in [2.75, 3.05) is 19.8 Å². The van der Waals surface area contributed by atoms with Gasteiger partial charge in [0, 0.05) is 18.9 Å². The van der Waals surface area contributed by atoms with E-state index >= 15 is 0 Å². The van der Waals surface area contributed by atoms with E-state index in [1.54, 1.807) is 13.0 Å². The zero-order chi connectivity index (χ0) is 12.4. The second-order valence-corrected chi connectivity index (χ2v) is 4.43. The molecule has 0 saturated heterocycles. The lowest BCUT2D eigenvalue weighted by Gasteiger charge is -2.16. The molecule has 1 heterocycles. The minimum Gasteiger partial charge on any atom is -0.489 e. The Morgan fingerprint density at radius 3 is 2.88 bits per heavy atom. The fourth-order valence-electron chi connectivity index (χ4n) is 1.72. The smallest absolute Gasteiger partial charge is 0.182 e. The van der Waals surface area contributed by atoms with Gasteiger partial charge in [0.1, 0.15) is 10.8 Å². The lowest BCUT2D eigenvalue weighted by Crippen LogP contribution is -2.04. The molecule has 1 aromatic rings. The Morgan fingerprint density at radius 1 is 1.47 bits per heavy atom. The molecule has 0 aromatic heterocycles. The van der Waals surface area contributed by atoms with Crippen molar-refractivity contribution in [2.24, 2.45) is 0 Å². The Bertz CT molecular complexity index is 423. The molecule has 1 atom stereocenters. The van der Waals surface area contributed by atoms with Crippen LogP contribution in [0.1, 0.15) is 24.8 Å². The summed E-state index contributed by atoms with van der Waals surface area (Å²) in [6.45, 7) is 2.55. The predicted molar refractivity (Wildman–Crippen MR) is 62.5 cm³/mol. The lowest BCUT2D eigenvalue weighted by molar-refractivity contribution is 0.269. The number of fused-ring (bicyclic) bond motifs is 1. The minimum atomic E-state index is -0.544. The van der Waals surface area contributed by atoms with Crippen LogP contribution in [0.3, 0.4) is 0 Å². The number of halogens is 2. The Kier molecular flexibility index (Phi) is 3.74. The van der Waals surface area contributed by atoms with Crippen LogP contribution < -0.4 is 9.47 Å². The van der Waals surface area contributed by atoms with Crippen LogP contribution in [0.2, 0.25) is 5.02 Å². The molecule has 3 nitrogen and oxygen atoms in total. The summed E-state index contributed by atoms with van der Waals surface area (Å²) in [4.78, 5) is 0. The van der Waals surface area contributed by atoms with Crippen LogP contribution in [0.25, 0.3) is 0 Å². The average molecular weight is 261 g/mol. The molecule has 1 aliphatic heterocycles. The first-order valence-electron chi connectivity index (χ1n) is 5.53. The summed E-state index contributed by atoms with van der Waals surface area (Å²) in [6, 6.07) is 1.56. The number of aliphatic hydroxyl groups is 1. The number of aliphatic hydroxyl groups excluding tert-OH is 1. The van der Waals surface area contributed by atoms with Crippen LogP contribution in [0, 0.1) is 5.82 Å². The number of benzene rings is 1. The van der Waals surface area contributed by atoms with Crippen molar-refractivity contribution in [1.82, 2.24) is 0 Å². The van der Waals surface area contributed by atoms with E-state index in [0.717, 1.165) is 6.42 Å². The van der Waals surface area contributed by atoms with Crippen LogP contribution in [0.5, 0.6) is 11.5 Å². The van der Waals surface area contributed by atoms with Crippen molar-refractivity contribution in [1.29, 1.82) is 0 Å². The third-order valence-corrected chi connectivity index (χ3v) is 3.09. The fourth-order valence-corrected chi connectivity index (χ4v) is 1.98.